The first-order valence-corrected chi connectivity index (χ1v) is 7.12. The third-order valence-electron chi connectivity index (χ3n) is 2.86. The Bertz CT molecular complexity index is 462. The molecule has 0 saturated carbocycles. The summed E-state index contributed by atoms with van der Waals surface area (Å²) in [5.74, 6) is 0. The number of rotatable bonds is 4. The van der Waals surface area contributed by atoms with E-state index in [1.807, 2.05) is 0 Å². The van der Waals surface area contributed by atoms with E-state index in [0.717, 1.165) is 13.0 Å². The van der Waals surface area contributed by atoms with Crippen LogP contribution < -0.4 is 10.0 Å². The minimum Gasteiger partial charge on any atom is -0.315 e. The lowest BCUT2D eigenvalue weighted by Crippen LogP contribution is -2.38. The molecule has 1 aromatic rings. The zero-order chi connectivity index (χ0) is 12.3. The monoisotopic (exact) mass is 292 g/mol. The van der Waals surface area contributed by atoms with Crippen molar-refractivity contribution in [3.63, 3.8) is 0 Å². The average molecular weight is 293 g/mol. The molecule has 1 unspecified atom stereocenters. The molecule has 0 aliphatic carbocycles. The number of sulfonamides is 1. The highest BCUT2D eigenvalue weighted by molar-refractivity contribution is 7.89. The molecular weight excluding hydrogens is 276 g/mol. The number of aromatic nitrogens is 2. The summed E-state index contributed by atoms with van der Waals surface area (Å²) < 4.78 is 26.9. The Morgan fingerprint density at radius 1 is 1.50 bits per heavy atom. The molecule has 2 rings (SSSR count). The number of nitrogens with zero attached hydrogens (tertiary/aromatic N) is 2. The molecule has 2 atom stereocenters. The topological polar surface area (TPSA) is 84.0 Å². The second-order valence-electron chi connectivity index (χ2n) is 4.13. The van der Waals surface area contributed by atoms with Crippen LogP contribution in [0.5, 0.6) is 0 Å². The van der Waals surface area contributed by atoms with Crippen LogP contribution in [-0.2, 0) is 10.0 Å². The van der Waals surface area contributed by atoms with Gasteiger partial charge in [0.05, 0.1) is 5.69 Å². The maximum absolute atomic E-state index is 12.1. The summed E-state index contributed by atoms with van der Waals surface area (Å²) in [5, 5.41) is 2.44. The van der Waals surface area contributed by atoms with E-state index in [4.69, 9.17) is 0 Å². The molecule has 1 aliphatic heterocycles. The molecule has 1 aliphatic rings. The Morgan fingerprint density at radius 2 is 2.28 bits per heavy atom. The van der Waals surface area contributed by atoms with Gasteiger partial charge in [-0.2, -0.15) is 0 Å². The number of nitrogens with one attached hydrogen (secondary N) is 2. The quantitative estimate of drug-likeness (QED) is 0.830. The Balaban J connectivity index is 0.00000162. The van der Waals surface area contributed by atoms with Crippen molar-refractivity contribution in [1.82, 2.24) is 20.0 Å². The Hall–Kier alpha value is -0.760. The maximum Gasteiger partial charge on any atom is 0.220 e. The summed E-state index contributed by atoms with van der Waals surface area (Å²) in [6, 6.07) is -0.0147. The first-order valence-electron chi connectivity index (χ1n) is 5.57. The summed E-state index contributed by atoms with van der Waals surface area (Å²) in [4.78, 5) is 7.91. The number of hydrogen-bond donors (Lipinski definition) is 2. The van der Waals surface area contributed by atoms with Crippen LogP contribution in [0.25, 0.3) is 0 Å². The van der Waals surface area contributed by atoms with E-state index in [2.05, 4.69) is 20.0 Å². The summed E-state index contributed by atoms with van der Waals surface area (Å²) in [5.41, 5.74) is 0.464. The third kappa shape index (κ3) is 3.61. The molecule has 2 N–H and O–H groups in total. The van der Waals surface area contributed by atoms with Crippen molar-refractivity contribution in [2.75, 3.05) is 13.1 Å². The van der Waals surface area contributed by atoms with Gasteiger partial charge in [-0.3, -0.25) is 9.97 Å². The van der Waals surface area contributed by atoms with Gasteiger partial charge in [0.1, 0.15) is 5.25 Å². The molecule has 1 aromatic heterocycles. The Morgan fingerprint density at radius 3 is 2.83 bits per heavy atom. The zero-order valence-corrected chi connectivity index (χ0v) is 11.7. The molecule has 8 heteroatoms. The summed E-state index contributed by atoms with van der Waals surface area (Å²) in [7, 11) is -3.39. The van der Waals surface area contributed by atoms with Gasteiger partial charge in [-0.15, -0.1) is 12.4 Å². The van der Waals surface area contributed by atoms with E-state index in [1.165, 1.54) is 18.6 Å². The van der Waals surface area contributed by atoms with Crippen molar-refractivity contribution in [2.24, 2.45) is 0 Å². The molecule has 2 heterocycles. The largest absolute Gasteiger partial charge is 0.315 e. The lowest BCUT2D eigenvalue weighted by molar-refractivity contribution is 0.549. The summed E-state index contributed by atoms with van der Waals surface area (Å²) >= 11 is 0. The number of hydrogen-bond acceptors (Lipinski definition) is 5. The van der Waals surface area contributed by atoms with Crippen molar-refractivity contribution < 1.29 is 8.42 Å². The van der Waals surface area contributed by atoms with Gasteiger partial charge in [-0.05, 0) is 19.9 Å². The molecule has 102 valence electrons. The van der Waals surface area contributed by atoms with Crippen LogP contribution in [-0.4, -0.2) is 37.5 Å². The minimum atomic E-state index is -3.39. The fourth-order valence-electron chi connectivity index (χ4n) is 1.77. The lowest BCUT2D eigenvalue weighted by Gasteiger charge is -2.16. The predicted octanol–water partition coefficient (Wildman–Crippen LogP) is 0.241. The van der Waals surface area contributed by atoms with Gasteiger partial charge in [0.2, 0.25) is 10.0 Å². The van der Waals surface area contributed by atoms with Crippen LogP contribution in [0.4, 0.5) is 0 Å². The van der Waals surface area contributed by atoms with Gasteiger partial charge in [0.25, 0.3) is 0 Å². The summed E-state index contributed by atoms with van der Waals surface area (Å²) in [6.07, 6.45) is 5.33. The van der Waals surface area contributed by atoms with Gasteiger partial charge in [0, 0.05) is 31.2 Å². The van der Waals surface area contributed by atoms with Gasteiger partial charge >= 0.3 is 0 Å². The molecule has 0 bridgehead atoms. The van der Waals surface area contributed by atoms with Crippen LogP contribution in [0.1, 0.15) is 24.3 Å². The van der Waals surface area contributed by atoms with Crippen LogP contribution in [0.3, 0.4) is 0 Å². The molecule has 0 aromatic carbocycles. The first-order chi connectivity index (χ1) is 8.09. The van der Waals surface area contributed by atoms with Crippen molar-refractivity contribution in [2.45, 2.75) is 24.6 Å². The van der Waals surface area contributed by atoms with E-state index >= 15 is 0 Å². The Labute approximate surface area is 113 Å². The minimum absolute atomic E-state index is 0. The molecule has 0 amide bonds. The predicted molar refractivity (Wildman–Crippen MR) is 71.0 cm³/mol. The van der Waals surface area contributed by atoms with Crippen molar-refractivity contribution >= 4 is 22.4 Å². The molecule has 0 spiro atoms. The zero-order valence-electron chi connectivity index (χ0n) is 10.0. The van der Waals surface area contributed by atoms with Gasteiger partial charge in [0.15, 0.2) is 0 Å². The number of halogens is 1. The maximum atomic E-state index is 12.1. The highest BCUT2D eigenvalue weighted by Crippen LogP contribution is 2.18. The van der Waals surface area contributed by atoms with Crippen molar-refractivity contribution in [3.8, 4) is 0 Å². The highest BCUT2D eigenvalue weighted by atomic mass is 35.5. The van der Waals surface area contributed by atoms with Crippen molar-refractivity contribution in [1.29, 1.82) is 0 Å². The lowest BCUT2D eigenvalue weighted by atomic mass is 10.3. The third-order valence-corrected chi connectivity index (χ3v) is 4.69. The van der Waals surface area contributed by atoms with E-state index in [9.17, 15) is 8.42 Å². The molecular formula is C10H17ClN4O2S. The van der Waals surface area contributed by atoms with Crippen LogP contribution >= 0.6 is 12.4 Å². The standard InChI is InChI=1S/C10H16N4O2S.ClH/c1-8(10-7-12-4-5-13-10)17(15,16)14-9-2-3-11-6-9;/h4-5,7-9,11,14H,2-3,6H2,1H3;1H/t8?,9-;/m0./s1. The van der Waals surface area contributed by atoms with E-state index in [0.29, 0.717) is 12.2 Å². The summed E-state index contributed by atoms with van der Waals surface area (Å²) in [6.45, 7) is 3.16. The smallest absolute Gasteiger partial charge is 0.220 e. The molecule has 1 fully saturated rings. The fraction of sp³-hybridized carbons (Fsp3) is 0.600. The van der Waals surface area contributed by atoms with Crippen molar-refractivity contribution in [3.05, 3.63) is 24.3 Å². The normalized spacial score (nSPS) is 21.3. The second kappa shape index (κ2) is 6.42. The molecule has 18 heavy (non-hydrogen) atoms. The van der Waals surface area contributed by atoms with E-state index in [-0.39, 0.29) is 18.4 Å². The fourth-order valence-corrected chi connectivity index (χ4v) is 3.08. The Kier molecular flexibility index (Phi) is 5.46. The van der Waals surface area contributed by atoms with Gasteiger partial charge in [-0.25, -0.2) is 13.1 Å². The van der Waals surface area contributed by atoms with E-state index in [1.54, 1.807) is 6.92 Å². The van der Waals surface area contributed by atoms with Crippen LogP contribution in [0.2, 0.25) is 0 Å². The van der Waals surface area contributed by atoms with Crippen LogP contribution in [0, 0.1) is 0 Å². The highest BCUT2D eigenvalue weighted by Gasteiger charge is 2.28. The second-order valence-corrected chi connectivity index (χ2v) is 6.16. The molecule has 6 nitrogen and oxygen atoms in total. The average Bonchev–Trinajstić information content (AvgIpc) is 2.81. The molecule has 1 saturated heterocycles. The van der Waals surface area contributed by atoms with E-state index < -0.39 is 15.3 Å². The SMILES string of the molecule is CC(c1cnccn1)S(=O)(=O)N[C@H]1CCNC1.Cl. The van der Waals surface area contributed by atoms with Gasteiger partial charge < -0.3 is 5.32 Å². The van der Waals surface area contributed by atoms with Gasteiger partial charge in [-0.1, -0.05) is 0 Å². The molecule has 0 radical (unpaired) electrons. The first kappa shape index (κ1) is 15.3. The van der Waals surface area contributed by atoms with Crippen LogP contribution in [0.15, 0.2) is 18.6 Å².